The topological polar surface area (TPSA) is 76.5 Å². The summed E-state index contributed by atoms with van der Waals surface area (Å²) in [4.78, 5) is 9.95. The molecule has 0 unspecified atom stereocenters. The van der Waals surface area contributed by atoms with Gasteiger partial charge in [0, 0.05) is 28.9 Å². The Morgan fingerprint density at radius 1 is 1.25 bits per heavy atom. The Bertz CT molecular complexity index is 1260. The molecule has 6 nitrogen and oxygen atoms in total. The van der Waals surface area contributed by atoms with Crippen molar-refractivity contribution in [2.24, 2.45) is 0 Å². The maximum atomic E-state index is 15.3. The minimum Gasteiger partial charge on any atom is -0.496 e. The average molecular weight is 522 g/mol. The minimum absolute atomic E-state index is 0.0343. The highest BCUT2D eigenvalue weighted by Crippen LogP contribution is 2.42. The van der Waals surface area contributed by atoms with Crippen LogP contribution in [0.5, 0.6) is 5.75 Å². The molecule has 0 bridgehead atoms. The number of aliphatic hydroxyl groups is 1. The van der Waals surface area contributed by atoms with Crippen LogP contribution < -0.4 is 10.1 Å². The van der Waals surface area contributed by atoms with Gasteiger partial charge in [-0.05, 0) is 46.2 Å². The summed E-state index contributed by atoms with van der Waals surface area (Å²) < 4.78 is 56.0. The molecule has 1 saturated heterocycles. The Hall–Kier alpha value is -2.56. The lowest BCUT2D eigenvalue weighted by Gasteiger charge is -2.30. The zero-order chi connectivity index (χ0) is 26.3. The maximum absolute atomic E-state index is 15.3. The minimum atomic E-state index is -3.78. The first-order valence-corrected chi connectivity index (χ1v) is 12.6. The van der Waals surface area contributed by atoms with Gasteiger partial charge < -0.3 is 19.9 Å². The molecule has 4 rings (SSSR count). The van der Waals surface area contributed by atoms with E-state index in [1.165, 1.54) is 12.1 Å². The third kappa shape index (κ3) is 5.12. The van der Waals surface area contributed by atoms with E-state index in [9.17, 15) is 13.9 Å². The first kappa shape index (κ1) is 26.5. The molecule has 0 aliphatic carbocycles. The number of hydrogen-bond donors (Lipinski definition) is 2. The zero-order valence-corrected chi connectivity index (χ0v) is 21.7. The van der Waals surface area contributed by atoms with E-state index in [2.05, 4.69) is 15.3 Å². The Labute approximate surface area is 212 Å². The van der Waals surface area contributed by atoms with Crippen LogP contribution in [-0.4, -0.2) is 46.2 Å². The molecule has 3 aromatic rings. The normalized spacial score (nSPS) is 17.4. The molecule has 0 radical (unpaired) electrons. The first-order valence-electron chi connectivity index (χ1n) is 11.7. The van der Waals surface area contributed by atoms with E-state index in [-0.39, 0.29) is 5.56 Å². The fraction of sp³-hybridized carbons (Fsp3) is 0.462. The lowest BCUT2D eigenvalue weighted by molar-refractivity contribution is -0.170. The molecule has 1 aliphatic heterocycles. The number of methoxy groups -OCH3 is 1. The zero-order valence-electron chi connectivity index (χ0n) is 20.9. The SMILES string of the molecule is COc1cc2nc(C)nc(N[C@H](C)c3cccc(C(F)(F)C(C)(C)O)c3F)c2cc1S[C@H]1CCOC1. The quantitative estimate of drug-likeness (QED) is 0.376. The van der Waals surface area contributed by atoms with Gasteiger partial charge in [0.25, 0.3) is 0 Å². The smallest absolute Gasteiger partial charge is 0.303 e. The number of benzene rings is 2. The number of hydrogen-bond acceptors (Lipinski definition) is 7. The number of anilines is 1. The van der Waals surface area contributed by atoms with Gasteiger partial charge in [0.05, 0.1) is 35.7 Å². The monoisotopic (exact) mass is 521 g/mol. The number of aromatic nitrogens is 2. The van der Waals surface area contributed by atoms with Crippen LogP contribution in [0.15, 0.2) is 35.2 Å². The number of ether oxygens (including phenoxy) is 2. The van der Waals surface area contributed by atoms with E-state index in [1.54, 1.807) is 32.7 Å². The summed E-state index contributed by atoms with van der Waals surface area (Å²) in [6, 6.07) is 6.86. The van der Waals surface area contributed by atoms with Crippen molar-refractivity contribution >= 4 is 28.5 Å². The highest BCUT2D eigenvalue weighted by atomic mass is 32.2. The second-order valence-electron chi connectivity index (χ2n) is 9.45. The van der Waals surface area contributed by atoms with Crippen LogP contribution in [0, 0.1) is 12.7 Å². The van der Waals surface area contributed by atoms with Crippen LogP contribution in [0.1, 0.15) is 50.2 Å². The molecular formula is C26H30F3N3O3S. The molecule has 1 aliphatic rings. The predicted molar refractivity (Wildman–Crippen MR) is 135 cm³/mol. The average Bonchev–Trinajstić information content (AvgIpc) is 3.31. The molecule has 1 fully saturated rings. The van der Waals surface area contributed by atoms with Crippen molar-refractivity contribution in [1.29, 1.82) is 0 Å². The Morgan fingerprint density at radius 2 is 2.00 bits per heavy atom. The Morgan fingerprint density at radius 3 is 2.64 bits per heavy atom. The molecule has 36 heavy (non-hydrogen) atoms. The summed E-state index contributed by atoms with van der Waals surface area (Å²) >= 11 is 1.65. The third-order valence-electron chi connectivity index (χ3n) is 6.23. The molecule has 2 heterocycles. The highest BCUT2D eigenvalue weighted by molar-refractivity contribution is 8.00. The number of thioether (sulfide) groups is 1. The maximum Gasteiger partial charge on any atom is 0.303 e. The number of rotatable bonds is 8. The van der Waals surface area contributed by atoms with Crippen molar-refractivity contribution < 1.29 is 27.8 Å². The third-order valence-corrected chi connectivity index (χ3v) is 7.51. The van der Waals surface area contributed by atoms with Crippen LogP contribution in [0.4, 0.5) is 19.0 Å². The van der Waals surface area contributed by atoms with E-state index in [4.69, 9.17) is 9.47 Å². The van der Waals surface area contributed by atoms with Gasteiger partial charge in [0.1, 0.15) is 28.8 Å². The molecule has 2 atom stereocenters. The summed E-state index contributed by atoms with van der Waals surface area (Å²) in [5, 5.41) is 14.1. The number of aryl methyl sites for hydroxylation is 1. The second kappa shape index (κ2) is 10.1. The van der Waals surface area contributed by atoms with Gasteiger partial charge in [-0.2, -0.15) is 8.78 Å². The van der Waals surface area contributed by atoms with Crippen molar-refractivity contribution in [3.63, 3.8) is 0 Å². The molecule has 194 valence electrons. The van der Waals surface area contributed by atoms with Gasteiger partial charge >= 0.3 is 5.92 Å². The van der Waals surface area contributed by atoms with Gasteiger partial charge in [0.15, 0.2) is 0 Å². The van der Waals surface area contributed by atoms with Crippen LogP contribution in [0.3, 0.4) is 0 Å². The highest BCUT2D eigenvalue weighted by Gasteiger charge is 2.49. The molecule has 2 N–H and O–H groups in total. The number of halogens is 3. The van der Waals surface area contributed by atoms with Gasteiger partial charge in [-0.25, -0.2) is 14.4 Å². The van der Waals surface area contributed by atoms with E-state index in [0.29, 0.717) is 40.2 Å². The summed E-state index contributed by atoms with van der Waals surface area (Å²) in [5.74, 6) is -3.22. The van der Waals surface area contributed by atoms with E-state index in [1.807, 2.05) is 12.1 Å². The number of fused-ring (bicyclic) bond motifs is 1. The van der Waals surface area contributed by atoms with Crippen LogP contribution in [0.2, 0.25) is 0 Å². The van der Waals surface area contributed by atoms with Crippen molar-refractivity contribution in [2.45, 2.75) is 61.8 Å². The van der Waals surface area contributed by atoms with Crippen molar-refractivity contribution in [3.8, 4) is 5.75 Å². The molecule has 1 aromatic heterocycles. The van der Waals surface area contributed by atoms with E-state index in [0.717, 1.165) is 37.8 Å². The Balaban J connectivity index is 1.72. The van der Waals surface area contributed by atoms with Crippen LogP contribution >= 0.6 is 11.8 Å². The Kier molecular flexibility index (Phi) is 7.41. The largest absolute Gasteiger partial charge is 0.496 e. The number of nitrogens with one attached hydrogen (secondary N) is 1. The predicted octanol–water partition coefficient (Wildman–Crippen LogP) is 6.00. The molecule has 10 heteroatoms. The van der Waals surface area contributed by atoms with Crippen molar-refractivity contribution in [3.05, 3.63) is 53.1 Å². The van der Waals surface area contributed by atoms with Crippen LogP contribution in [0.25, 0.3) is 10.9 Å². The summed E-state index contributed by atoms with van der Waals surface area (Å²) in [7, 11) is 1.60. The standard InChI is InChI=1S/C26H30F3N3O3S/c1-14(17-7-6-8-19(23(17)27)26(28,29)25(3,4)33)30-24-18-11-22(36-16-9-10-35-13-16)21(34-5)12-20(18)31-15(2)32-24/h6-8,11-12,14,16,33H,9-10,13H2,1-5H3,(H,30,31,32)/t14-,16+/m1/s1. The van der Waals surface area contributed by atoms with E-state index >= 15 is 4.39 Å². The van der Waals surface area contributed by atoms with Gasteiger partial charge in [-0.3, -0.25) is 0 Å². The molecule has 0 amide bonds. The fourth-order valence-electron chi connectivity index (χ4n) is 4.14. The van der Waals surface area contributed by atoms with Gasteiger partial charge in [-0.1, -0.05) is 12.1 Å². The first-order chi connectivity index (χ1) is 16.9. The lowest BCUT2D eigenvalue weighted by Crippen LogP contribution is -2.41. The van der Waals surface area contributed by atoms with Gasteiger partial charge in [-0.15, -0.1) is 11.8 Å². The molecule has 0 saturated carbocycles. The summed E-state index contributed by atoms with van der Waals surface area (Å²) in [6.45, 7) is 6.70. The summed E-state index contributed by atoms with van der Waals surface area (Å²) in [6.07, 6.45) is 0.934. The second-order valence-corrected chi connectivity index (χ2v) is 10.8. The molecule has 2 aromatic carbocycles. The van der Waals surface area contributed by atoms with E-state index < -0.39 is 28.9 Å². The molecular weight excluding hydrogens is 491 g/mol. The lowest BCUT2D eigenvalue weighted by atomic mass is 9.91. The number of nitrogens with zero attached hydrogens (tertiary/aromatic N) is 2. The summed E-state index contributed by atoms with van der Waals surface area (Å²) in [5.41, 5.74) is -2.61. The van der Waals surface area contributed by atoms with Crippen LogP contribution in [-0.2, 0) is 10.7 Å². The molecule has 0 spiro atoms. The fourth-order valence-corrected chi connectivity index (χ4v) is 5.32. The van der Waals surface area contributed by atoms with Crippen molar-refractivity contribution in [1.82, 2.24) is 9.97 Å². The van der Waals surface area contributed by atoms with Crippen molar-refractivity contribution in [2.75, 3.05) is 25.6 Å². The van der Waals surface area contributed by atoms with Gasteiger partial charge in [0.2, 0.25) is 0 Å². The number of alkyl halides is 2.